The van der Waals surface area contributed by atoms with Gasteiger partial charge in [-0.15, -0.1) is 0 Å². The molecule has 0 aliphatic rings. The zero-order valence-electron chi connectivity index (χ0n) is 14.9. The standard InChI is InChI=1S/C19H23NO5/c1-20(10-11-25-15-8-6-5-7-9-15)19(21)14-12-16(22-2)18(24-4)17(13-14)23-3/h5-9,12-13H,10-11H2,1-4H3. The average molecular weight is 345 g/mol. The Labute approximate surface area is 147 Å². The van der Waals surface area contributed by atoms with E-state index < -0.39 is 0 Å². The number of hydrogen-bond donors (Lipinski definition) is 0. The van der Waals surface area contributed by atoms with Crippen LogP contribution in [-0.4, -0.2) is 52.3 Å². The van der Waals surface area contributed by atoms with Crippen molar-refractivity contribution in [2.24, 2.45) is 0 Å². The number of carbonyl (C=O) groups excluding carboxylic acids is 1. The van der Waals surface area contributed by atoms with E-state index in [1.54, 1.807) is 24.1 Å². The lowest BCUT2D eigenvalue weighted by Crippen LogP contribution is -2.30. The Hall–Kier alpha value is -2.89. The van der Waals surface area contributed by atoms with Gasteiger partial charge >= 0.3 is 0 Å². The zero-order valence-corrected chi connectivity index (χ0v) is 14.9. The maximum absolute atomic E-state index is 12.6. The second kappa shape index (κ2) is 8.82. The van der Waals surface area contributed by atoms with Crippen LogP contribution < -0.4 is 18.9 Å². The molecule has 0 saturated carbocycles. The number of ether oxygens (including phenoxy) is 4. The molecule has 0 aliphatic carbocycles. The van der Waals surface area contributed by atoms with Gasteiger partial charge in [0.05, 0.1) is 27.9 Å². The largest absolute Gasteiger partial charge is 0.493 e. The van der Waals surface area contributed by atoms with Gasteiger partial charge in [0.25, 0.3) is 5.91 Å². The molecule has 0 aromatic heterocycles. The lowest BCUT2D eigenvalue weighted by molar-refractivity contribution is 0.0773. The van der Waals surface area contributed by atoms with Gasteiger partial charge in [-0.2, -0.15) is 0 Å². The maximum Gasteiger partial charge on any atom is 0.253 e. The van der Waals surface area contributed by atoms with E-state index in [1.165, 1.54) is 21.3 Å². The van der Waals surface area contributed by atoms with Gasteiger partial charge in [-0.3, -0.25) is 4.79 Å². The molecule has 6 nitrogen and oxygen atoms in total. The lowest BCUT2D eigenvalue weighted by Gasteiger charge is -2.19. The van der Waals surface area contributed by atoms with E-state index in [0.717, 1.165) is 5.75 Å². The van der Waals surface area contributed by atoms with Crippen LogP contribution in [0.4, 0.5) is 0 Å². The molecule has 0 heterocycles. The van der Waals surface area contributed by atoms with E-state index >= 15 is 0 Å². The third kappa shape index (κ3) is 4.56. The van der Waals surface area contributed by atoms with Gasteiger partial charge in [0.2, 0.25) is 5.75 Å². The molecule has 25 heavy (non-hydrogen) atoms. The summed E-state index contributed by atoms with van der Waals surface area (Å²) >= 11 is 0. The van der Waals surface area contributed by atoms with Gasteiger partial charge in [0.1, 0.15) is 12.4 Å². The maximum atomic E-state index is 12.6. The molecule has 0 aliphatic heterocycles. The van der Waals surface area contributed by atoms with Gasteiger partial charge in [0, 0.05) is 12.6 Å². The summed E-state index contributed by atoms with van der Waals surface area (Å²) in [7, 11) is 6.28. The molecule has 0 N–H and O–H groups in total. The Morgan fingerprint density at radius 1 is 0.960 bits per heavy atom. The molecule has 134 valence electrons. The van der Waals surface area contributed by atoms with Crippen molar-refractivity contribution >= 4 is 5.91 Å². The number of likely N-dealkylation sites (N-methyl/N-ethyl adjacent to an activating group) is 1. The van der Waals surface area contributed by atoms with E-state index in [-0.39, 0.29) is 5.91 Å². The fraction of sp³-hybridized carbons (Fsp3) is 0.316. The monoisotopic (exact) mass is 345 g/mol. The fourth-order valence-electron chi connectivity index (χ4n) is 2.34. The van der Waals surface area contributed by atoms with Crippen LogP contribution in [0.15, 0.2) is 42.5 Å². The van der Waals surface area contributed by atoms with Crippen LogP contribution in [0, 0.1) is 0 Å². The first-order valence-corrected chi connectivity index (χ1v) is 7.84. The minimum absolute atomic E-state index is 0.157. The molecule has 0 atom stereocenters. The molecule has 2 aromatic carbocycles. The van der Waals surface area contributed by atoms with Crippen molar-refractivity contribution < 1.29 is 23.7 Å². The summed E-state index contributed by atoms with van der Waals surface area (Å²) in [6.07, 6.45) is 0. The highest BCUT2D eigenvalue weighted by atomic mass is 16.5. The molecule has 1 amide bonds. The third-order valence-corrected chi connectivity index (χ3v) is 3.70. The Morgan fingerprint density at radius 3 is 2.08 bits per heavy atom. The summed E-state index contributed by atoms with van der Waals surface area (Å²) in [6, 6.07) is 12.8. The van der Waals surface area contributed by atoms with Crippen LogP contribution in [0.1, 0.15) is 10.4 Å². The second-order valence-corrected chi connectivity index (χ2v) is 5.30. The van der Waals surface area contributed by atoms with Gasteiger partial charge in [-0.25, -0.2) is 0 Å². The molecule has 0 spiro atoms. The van der Waals surface area contributed by atoms with E-state index in [2.05, 4.69) is 0 Å². The van der Waals surface area contributed by atoms with Crippen molar-refractivity contribution in [3.63, 3.8) is 0 Å². The van der Waals surface area contributed by atoms with Crippen LogP contribution in [0.25, 0.3) is 0 Å². The Bertz CT molecular complexity index is 677. The normalized spacial score (nSPS) is 10.1. The molecule has 2 aromatic rings. The quantitative estimate of drug-likeness (QED) is 0.736. The molecule has 0 radical (unpaired) electrons. The number of para-hydroxylation sites is 1. The first kappa shape index (κ1) is 18.4. The minimum atomic E-state index is -0.157. The number of carbonyl (C=O) groups is 1. The van der Waals surface area contributed by atoms with Gasteiger partial charge in [0.15, 0.2) is 11.5 Å². The number of benzene rings is 2. The second-order valence-electron chi connectivity index (χ2n) is 5.30. The first-order valence-electron chi connectivity index (χ1n) is 7.84. The third-order valence-electron chi connectivity index (χ3n) is 3.70. The highest BCUT2D eigenvalue weighted by molar-refractivity contribution is 5.95. The van der Waals surface area contributed by atoms with Gasteiger partial charge in [-0.05, 0) is 24.3 Å². The smallest absolute Gasteiger partial charge is 0.253 e. The van der Waals surface area contributed by atoms with Gasteiger partial charge in [-0.1, -0.05) is 18.2 Å². The first-order chi connectivity index (χ1) is 12.1. The molecule has 2 rings (SSSR count). The van der Waals surface area contributed by atoms with Crippen molar-refractivity contribution in [1.29, 1.82) is 0 Å². The van der Waals surface area contributed by atoms with Crippen molar-refractivity contribution in [2.75, 3.05) is 41.5 Å². The van der Waals surface area contributed by atoms with Crippen molar-refractivity contribution in [3.8, 4) is 23.0 Å². The predicted molar refractivity (Wildman–Crippen MR) is 95.0 cm³/mol. The van der Waals surface area contributed by atoms with E-state index in [4.69, 9.17) is 18.9 Å². The van der Waals surface area contributed by atoms with Crippen molar-refractivity contribution in [3.05, 3.63) is 48.0 Å². The summed E-state index contributed by atoms with van der Waals surface area (Å²) < 4.78 is 21.5. The van der Waals surface area contributed by atoms with Crippen molar-refractivity contribution in [2.45, 2.75) is 0 Å². The van der Waals surface area contributed by atoms with Crippen LogP contribution in [0.2, 0.25) is 0 Å². The Morgan fingerprint density at radius 2 is 1.56 bits per heavy atom. The SMILES string of the molecule is COc1cc(C(=O)N(C)CCOc2ccccc2)cc(OC)c1OC. The number of methoxy groups -OCH3 is 3. The van der Waals surface area contributed by atoms with E-state index in [9.17, 15) is 4.79 Å². The Balaban J connectivity index is 2.05. The van der Waals surface area contributed by atoms with Crippen molar-refractivity contribution in [1.82, 2.24) is 4.90 Å². The number of hydrogen-bond acceptors (Lipinski definition) is 5. The van der Waals surface area contributed by atoms with Crippen LogP contribution in [0.5, 0.6) is 23.0 Å². The summed E-state index contributed by atoms with van der Waals surface area (Å²) in [5, 5.41) is 0. The molecular formula is C19H23NO5. The number of amides is 1. The highest BCUT2D eigenvalue weighted by Crippen LogP contribution is 2.38. The van der Waals surface area contributed by atoms with Gasteiger partial charge < -0.3 is 23.8 Å². The van der Waals surface area contributed by atoms with Crippen LogP contribution in [0.3, 0.4) is 0 Å². The topological polar surface area (TPSA) is 57.2 Å². The minimum Gasteiger partial charge on any atom is -0.493 e. The van der Waals surface area contributed by atoms with E-state index in [1.807, 2.05) is 30.3 Å². The number of nitrogens with zero attached hydrogens (tertiary/aromatic N) is 1. The molecule has 0 saturated heterocycles. The van der Waals surface area contributed by atoms with E-state index in [0.29, 0.717) is 36.0 Å². The zero-order chi connectivity index (χ0) is 18.2. The summed E-state index contributed by atoms with van der Waals surface area (Å²) in [6.45, 7) is 0.848. The summed E-state index contributed by atoms with van der Waals surface area (Å²) in [5.74, 6) is 1.96. The molecule has 0 bridgehead atoms. The summed E-state index contributed by atoms with van der Waals surface area (Å²) in [5.41, 5.74) is 0.455. The predicted octanol–water partition coefficient (Wildman–Crippen LogP) is 2.86. The highest BCUT2D eigenvalue weighted by Gasteiger charge is 2.19. The number of rotatable bonds is 8. The van der Waals surface area contributed by atoms with Crippen LogP contribution >= 0.6 is 0 Å². The average Bonchev–Trinajstić information content (AvgIpc) is 2.66. The molecule has 6 heteroatoms. The molecular weight excluding hydrogens is 322 g/mol. The Kier molecular flexibility index (Phi) is 6.51. The fourth-order valence-corrected chi connectivity index (χ4v) is 2.34. The van der Waals surface area contributed by atoms with Crippen LogP contribution in [-0.2, 0) is 0 Å². The lowest BCUT2D eigenvalue weighted by atomic mass is 10.1. The summed E-state index contributed by atoms with van der Waals surface area (Å²) in [4.78, 5) is 14.2. The molecule has 0 unspecified atom stereocenters. The molecule has 0 fully saturated rings.